The molecule has 0 fully saturated rings. The number of para-hydroxylation sites is 1. The third-order valence-corrected chi connectivity index (χ3v) is 4.48. The summed E-state index contributed by atoms with van der Waals surface area (Å²) in [6.07, 6.45) is 2.55. The van der Waals surface area contributed by atoms with Crippen molar-refractivity contribution in [2.75, 3.05) is 17.9 Å². The number of rotatable bonds is 6. The van der Waals surface area contributed by atoms with Crippen LogP contribution >= 0.6 is 11.6 Å². The Labute approximate surface area is 124 Å². The molecule has 20 heavy (non-hydrogen) atoms. The first-order chi connectivity index (χ1) is 9.42. The van der Waals surface area contributed by atoms with E-state index in [-0.39, 0.29) is 5.75 Å². The Morgan fingerprint density at radius 1 is 1.35 bits per heavy atom. The summed E-state index contributed by atoms with van der Waals surface area (Å²) in [5.74, 6) is 1.63. The zero-order chi connectivity index (χ0) is 14.8. The van der Waals surface area contributed by atoms with Crippen molar-refractivity contribution in [2.45, 2.75) is 26.3 Å². The van der Waals surface area contributed by atoms with Crippen LogP contribution in [0.25, 0.3) is 11.0 Å². The molecule has 0 saturated heterocycles. The van der Waals surface area contributed by atoms with Crippen molar-refractivity contribution in [1.82, 2.24) is 9.55 Å². The van der Waals surface area contributed by atoms with Gasteiger partial charge in [-0.25, -0.2) is 13.4 Å². The molecule has 1 aromatic carbocycles. The third kappa shape index (κ3) is 3.52. The molecule has 4 nitrogen and oxygen atoms in total. The summed E-state index contributed by atoms with van der Waals surface area (Å²) in [6.45, 7) is 2.70. The Balaban J connectivity index is 2.35. The van der Waals surface area contributed by atoms with Gasteiger partial charge in [-0.05, 0) is 25.0 Å². The van der Waals surface area contributed by atoms with Crippen molar-refractivity contribution in [3.05, 3.63) is 29.6 Å². The first-order valence-electron chi connectivity index (χ1n) is 6.61. The average Bonchev–Trinajstić information content (AvgIpc) is 2.68. The maximum absolute atomic E-state index is 11.3. The lowest BCUT2D eigenvalue weighted by Gasteiger charge is -2.09. The highest BCUT2D eigenvalue weighted by atomic mass is 35.5. The van der Waals surface area contributed by atoms with Crippen LogP contribution in [0.4, 0.5) is 0 Å². The Morgan fingerprint density at radius 2 is 2.10 bits per heavy atom. The molecule has 0 spiro atoms. The van der Waals surface area contributed by atoms with Crippen molar-refractivity contribution in [3.63, 3.8) is 0 Å². The number of hydrogen-bond donors (Lipinski definition) is 0. The summed E-state index contributed by atoms with van der Waals surface area (Å²) in [5, 5.41) is 0. The highest BCUT2D eigenvalue weighted by molar-refractivity contribution is 7.90. The second-order valence-corrected chi connectivity index (χ2v) is 7.68. The van der Waals surface area contributed by atoms with E-state index in [2.05, 4.69) is 9.55 Å². The number of aromatic nitrogens is 2. The second kappa shape index (κ2) is 6.14. The molecule has 0 N–H and O–H groups in total. The summed E-state index contributed by atoms with van der Waals surface area (Å²) in [4.78, 5) is 4.61. The van der Waals surface area contributed by atoms with Crippen molar-refractivity contribution in [1.29, 1.82) is 0 Å². The molecule has 1 heterocycles. The predicted molar refractivity (Wildman–Crippen MR) is 83.2 cm³/mol. The van der Waals surface area contributed by atoms with E-state index >= 15 is 0 Å². The van der Waals surface area contributed by atoms with Gasteiger partial charge in [0.15, 0.2) is 0 Å². The fourth-order valence-corrected chi connectivity index (χ4v) is 3.24. The summed E-state index contributed by atoms with van der Waals surface area (Å²) in [6, 6.07) is 6.00. The number of alkyl halides is 1. The van der Waals surface area contributed by atoms with Crippen LogP contribution in [0.2, 0.25) is 0 Å². The fraction of sp³-hybridized carbons (Fsp3) is 0.500. The van der Waals surface area contributed by atoms with Crippen molar-refractivity contribution in [2.24, 2.45) is 0 Å². The van der Waals surface area contributed by atoms with Crippen LogP contribution in [0, 0.1) is 6.92 Å². The molecule has 0 amide bonds. The van der Waals surface area contributed by atoms with Gasteiger partial charge >= 0.3 is 0 Å². The van der Waals surface area contributed by atoms with E-state index in [1.54, 1.807) is 0 Å². The molecule has 2 rings (SSSR count). The molecule has 6 heteroatoms. The zero-order valence-corrected chi connectivity index (χ0v) is 13.3. The number of imidazole rings is 1. The zero-order valence-electron chi connectivity index (χ0n) is 11.8. The van der Waals surface area contributed by atoms with E-state index in [1.165, 1.54) is 6.26 Å². The summed E-state index contributed by atoms with van der Waals surface area (Å²) in [7, 11) is -2.93. The van der Waals surface area contributed by atoms with Gasteiger partial charge in [-0.2, -0.15) is 0 Å². The minimum absolute atomic E-state index is 0.193. The fourth-order valence-electron chi connectivity index (χ4n) is 2.41. The molecule has 0 bridgehead atoms. The van der Waals surface area contributed by atoms with E-state index in [1.807, 2.05) is 25.1 Å². The molecule has 0 atom stereocenters. The van der Waals surface area contributed by atoms with Crippen molar-refractivity contribution < 1.29 is 8.42 Å². The number of benzene rings is 1. The smallest absolute Gasteiger partial charge is 0.147 e. The largest absolute Gasteiger partial charge is 0.328 e. The van der Waals surface area contributed by atoms with Crippen LogP contribution in [0.5, 0.6) is 0 Å². The molecule has 0 saturated carbocycles. The molecular formula is C14H19ClN2O2S. The molecule has 0 aliphatic rings. The van der Waals surface area contributed by atoms with Gasteiger partial charge in [0.2, 0.25) is 0 Å². The number of sulfone groups is 1. The minimum atomic E-state index is -2.93. The van der Waals surface area contributed by atoms with Gasteiger partial charge in [0.25, 0.3) is 0 Å². The molecule has 0 aliphatic heterocycles. The van der Waals surface area contributed by atoms with Gasteiger partial charge in [-0.1, -0.05) is 12.1 Å². The molecule has 2 aromatic rings. The lowest BCUT2D eigenvalue weighted by molar-refractivity contribution is 0.590. The van der Waals surface area contributed by atoms with Crippen molar-refractivity contribution in [3.8, 4) is 0 Å². The van der Waals surface area contributed by atoms with Crippen LogP contribution in [0.3, 0.4) is 0 Å². The quantitative estimate of drug-likeness (QED) is 0.770. The number of hydrogen-bond acceptors (Lipinski definition) is 3. The maximum atomic E-state index is 11.3. The third-order valence-electron chi connectivity index (χ3n) is 3.26. The number of fused-ring (bicyclic) bond motifs is 1. The van der Waals surface area contributed by atoms with Gasteiger partial charge in [0.1, 0.15) is 15.7 Å². The van der Waals surface area contributed by atoms with E-state index in [4.69, 9.17) is 11.6 Å². The van der Waals surface area contributed by atoms with Gasteiger partial charge in [-0.3, -0.25) is 0 Å². The number of nitrogens with zero attached hydrogens (tertiary/aromatic N) is 2. The Kier molecular flexibility index (Phi) is 4.70. The van der Waals surface area contributed by atoms with E-state index in [0.29, 0.717) is 25.3 Å². The van der Waals surface area contributed by atoms with E-state index in [9.17, 15) is 8.42 Å². The van der Waals surface area contributed by atoms with Gasteiger partial charge < -0.3 is 4.57 Å². The number of aryl methyl sites for hydroxylation is 3. The van der Waals surface area contributed by atoms with Crippen LogP contribution in [0.15, 0.2) is 18.2 Å². The van der Waals surface area contributed by atoms with Crippen LogP contribution in [0.1, 0.15) is 17.8 Å². The molecule has 0 radical (unpaired) electrons. The predicted octanol–water partition coefficient (Wildman–Crippen LogP) is 2.56. The Morgan fingerprint density at radius 3 is 2.75 bits per heavy atom. The molecule has 110 valence electrons. The topological polar surface area (TPSA) is 52.0 Å². The average molecular weight is 315 g/mol. The van der Waals surface area contributed by atoms with E-state index < -0.39 is 9.84 Å². The summed E-state index contributed by atoms with van der Waals surface area (Å²) >= 11 is 5.83. The molecule has 0 aliphatic carbocycles. The highest BCUT2D eigenvalue weighted by Crippen LogP contribution is 2.21. The first kappa shape index (κ1) is 15.3. The lowest BCUT2D eigenvalue weighted by Crippen LogP contribution is -2.10. The van der Waals surface area contributed by atoms with Gasteiger partial charge in [-0.15, -0.1) is 11.6 Å². The Bertz CT molecular complexity index is 707. The van der Waals surface area contributed by atoms with Gasteiger partial charge in [0, 0.05) is 25.1 Å². The second-order valence-electron chi connectivity index (χ2n) is 5.04. The highest BCUT2D eigenvalue weighted by Gasteiger charge is 2.12. The monoisotopic (exact) mass is 314 g/mol. The molecular weight excluding hydrogens is 296 g/mol. The van der Waals surface area contributed by atoms with E-state index in [0.717, 1.165) is 22.4 Å². The summed E-state index contributed by atoms with van der Waals surface area (Å²) < 4.78 is 24.6. The number of halogens is 1. The maximum Gasteiger partial charge on any atom is 0.147 e. The lowest BCUT2D eigenvalue weighted by atomic mass is 10.2. The van der Waals surface area contributed by atoms with Crippen LogP contribution < -0.4 is 0 Å². The molecule has 0 unspecified atom stereocenters. The van der Waals surface area contributed by atoms with Gasteiger partial charge in [0.05, 0.1) is 16.8 Å². The Hall–Kier alpha value is -1.07. The normalized spacial score (nSPS) is 12.2. The standard InChI is InChI=1S/C14H19ClN2O2S/c1-11-5-3-6-12-14(11)17(13(16-12)7-8-15)9-4-10-20(2,18)19/h3,5-6H,4,7-10H2,1-2H3. The minimum Gasteiger partial charge on any atom is -0.328 e. The van der Waals surface area contributed by atoms with Crippen LogP contribution in [-0.2, 0) is 22.8 Å². The molecule has 1 aromatic heterocycles. The van der Waals surface area contributed by atoms with Crippen molar-refractivity contribution >= 4 is 32.5 Å². The SMILES string of the molecule is Cc1cccc2nc(CCCl)n(CCCS(C)(=O)=O)c12. The summed E-state index contributed by atoms with van der Waals surface area (Å²) in [5.41, 5.74) is 3.18. The first-order valence-corrected chi connectivity index (χ1v) is 9.20. The van der Waals surface area contributed by atoms with Crippen LogP contribution in [-0.4, -0.2) is 35.9 Å².